The van der Waals surface area contributed by atoms with E-state index in [1.165, 1.54) is 0 Å². The molecule has 0 saturated carbocycles. The lowest BCUT2D eigenvalue weighted by atomic mass is 9.96. The van der Waals surface area contributed by atoms with Crippen LogP contribution in [0.2, 0.25) is 0 Å². The number of nitrogens with zero attached hydrogens (tertiary/aromatic N) is 2. The fourth-order valence-electron chi connectivity index (χ4n) is 3.56. The molecule has 0 bridgehead atoms. The van der Waals surface area contributed by atoms with E-state index >= 15 is 0 Å². The summed E-state index contributed by atoms with van der Waals surface area (Å²) in [6, 6.07) is -1.19. The van der Waals surface area contributed by atoms with Gasteiger partial charge in [0.25, 0.3) is 0 Å². The van der Waals surface area contributed by atoms with E-state index in [9.17, 15) is 14.4 Å². The van der Waals surface area contributed by atoms with Crippen molar-refractivity contribution >= 4 is 48.9 Å². The lowest BCUT2D eigenvalue weighted by molar-refractivity contribution is -0.139. The Bertz CT molecular complexity index is 542. The van der Waals surface area contributed by atoms with Gasteiger partial charge in [-0.25, -0.2) is 0 Å². The Morgan fingerprint density at radius 2 is 1.86 bits per heavy atom. The normalized spacial score (nSPS) is 21.4. The molecule has 0 aromatic rings. The van der Waals surface area contributed by atoms with Crippen molar-refractivity contribution in [1.82, 2.24) is 15.5 Å². The van der Waals surface area contributed by atoms with Crippen molar-refractivity contribution in [3.8, 4) is 0 Å². The van der Waals surface area contributed by atoms with Gasteiger partial charge in [0, 0.05) is 19.6 Å². The summed E-state index contributed by atoms with van der Waals surface area (Å²) in [6.45, 7) is 2.57. The second-order valence-electron chi connectivity index (χ2n) is 6.91. The molecule has 2 heterocycles. The minimum atomic E-state index is -0.607. The van der Waals surface area contributed by atoms with Crippen molar-refractivity contribution in [3.63, 3.8) is 0 Å². The van der Waals surface area contributed by atoms with Crippen LogP contribution in [0.4, 0.5) is 0 Å². The SMILES string of the molecule is Cl.Cl.NC(N)=NCCC[C@@H](C=O)NC(=O)[C@H]1NCCC1C(=O)N1CCCCC1.O. The molecule has 2 rings (SSSR count). The molecule has 0 aromatic carbocycles. The number of carbonyl (C=O) groups excluding carboxylic acids is 3. The van der Waals surface area contributed by atoms with Gasteiger partial charge in [0.05, 0.1) is 18.0 Å². The maximum absolute atomic E-state index is 12.7. The smallest absolute Gasteiger partial charge is 0.238 e. The molecule has 3 atom stereocenters. The second kappa shape index (κ2) is 15.3. The Kier molecular flexibility index (Phi) is 15.6. The number of aliphatic imine (C=N–C) groups is 1. The number of carbonyl (C=O) groups is 3. The second-order valence-corrected chi connectivity index (χ2v) is 6.91. The molecule has 2 aliphatic rings. The minimum Gasteiger partial charge on any atom is -0.412 e. The molecule has 0 spiro atoms. The van der Waals surface area contributed by atoms with E-state index in [0.717, 1.165) is 32.4 Å². The minimum absolute atomic E-state index is 0. The molecule has 29 heavy (non-hydrogen) atoms. The fourth-order valence-corrected chi connectivity index (χ4v) is 3.56. The average Bonchev–Trinajstić information content (AvgIpc) is 3.13. The summed E-state index contributed by atoms with van der Waals surface area (Å²) in [4.78, 5) is 42.3. The van der Waals surface area contributed by atoms with Crippen LogP contribution in [0.5, 0.6) is 0 Å². The fraction of sp³-hybridized carbons (Fsp3) is 0.765. The molecule has 2 amide bonds. The van der Waals surface area contributed by atoms with Gasteiger partial charge in [0.1, 0.15) is 6.29 Å². The van der Waals surface area contributed by atoms with Crippen LogP contribution in [0, 0.1) is 5.92 Å². The number of hydrogen-bond donors (Lipinski definition) is 4. The van der Waals surface area contributed by atoms with Gasteiger partial charge in [-0.1, -0.05) is 0 Å². The molecular weight excluding hydrogens is 423 g/mol. The first-order valence-corrected chi connectivity index (χ1v) is 9.36. The summed E-state index contributed by atoms with van der Waals surface area (Å²) in [6.07, 6.45) is 5.57. The molecule has 2 saturated heterocycles. The summed E-state index contributed by atoms with van der Waals surface area (Å²) < 4.78 is 0. The number of piperidine rings is 1. The Hall–Kier alpha value is -1.62. The number of likely N-dealkylation sites (tertiary alicyclic amines) is 1. The van der Waals surface area contributed by atoms with Crippen molar-refractivity contribution in [2.45, 2.75) is 50.6 Å². The Balaban J connectivity index is 0. The topological polar surface area (TPSA) is 174 Å². The van der Waals surface area contributed by atoms with Crippen molar-refractivity contribution in [2.75, 3.05) is 26.2 Å². The van der Waals surface area contributed by atoms with E-state index in [1.807, 2.05) is 4.90 Å². The molecule has 0 radical (unpaired) electrons. The van der Waals surface area contributed by atoms with Crippen LogP contribution in [-0.4, -0.2) is 72.7 Å². The van der Waals surface area contributed by atoms with E-state index in [1.54, 1.807) is 0 Å². The number of amides is 2. The van der Waals surface area contributed by atoms with Crippen molar-refractivity contribution in [1.29, 1.82) is 0 Å². The van der Waals surface area contributed by atoms with Crippen molar-refractivity contribution in [3.05, 3.63) is 0 Å². The van der Waals surface area contributed by atoms with Gasteiger partial charge < -0.3 is 37.3 Å². The van der Waals surface area contributed by atoms with Crippen LogP contribution in [0.3, 0.4) is 0 Å². The van der Waals surface area contributed by atoms with E-state index in [2.05, 4.69) is 15.6 Å². The van der Waals surface area contributed by atoms with Gasteiger partial charge in [-0.05, 0) is 45.1 Å². The Morgan fingerprint density at radius 3 is 2.45 bits per heavy atom. The molecule has 2 aliphatic heterocycles. The molecule has 12 heteroatoms. The van der Waals surface area contributed by atoms with Gasteiger partial charge >= 0.3 is 0 Å². The van der Waals surface area contributed by atoms with Crippen LogP contribution < -0.4 is 22.1 Å². The maximum Gasteiger partial charge on any atom is 0.238 e. The van der Waals surface area contributed by atoms with Gasteiger partial charge in [-0.3, -0.25) is 14.6 Å². The lowest BCUT2D eigenvalue weighted by Crippen LogP contribution is -2.52. The number of hydrogen-bond acceptors (Lipinski definition) is 5. The number of nitrogens with two attached hydrogens (primary N) is 2. The highest BCUT2D eigenvalue weighted by Crippen LogP contribution is 2.21. The van der Waals surface area contributed by atoms with Gasteiger partial charge in [-0.15, -0.1) is 24.8 Å². The van der Waals surface area contributed by atoms with Gasteiger partial charge in [0.15, 0.2) is 5.96 Å². The van der Waals surface area contributed by atoms with Crippen molar-refractivity contribution < 1.29 is 19.9 Å². The van der Waals surface area contributed by atoms with Gasteiger partial charge in [-0.2, -0.15) is 0 Å². The van der Waals surface area contributed by atoms with Crippen LogP contribution in [0.15, 0.2) is 4.99 Å². The summed E-state index contributed by atoms with van der Waals surface area (Å²) in [5.74, 6) is -0.602. The number of rotatable bonds is 8. The van der Waals surface area contributed by atoms with E-state index < -0.39 is 12.1 Å². The third kappa shape index (κ3) is 9.16. The highest BCUT2D eigenvalue weighted by molar-refractivity contribution is 5.92. The molecular formula is C17H34Cl2N6O4. The number of guanidine groups is 1. The third-order valence-corrected chi connectivity index (χ3v) is 4.95. The zero-order valence-electron chi connectivity index (χ0n) is 16.5. The van der Waals surface area contributed by atoms with Crippen LogP contribution in [0.1, 0.15) is 38.5 Å². The van der Waals surface area contributed by atoms with Crippen LogP contribution in [-0.2, 0) is 14.4 Å². The molecule has 10 nitrogen and oxygen atoms in total. The number of aldehydes is 1. The molecule has 0 aromatic heterocycles. The average molecular weight is 457 g/mol. The van der Waals surface area contributed by atoms with E-state index in [-0.39, 0.29) is 54.0 Å². The van der Waals surface area contributed by atoms with E-state index in [0.29, 0.717) is 38.6 Å². The monoisotopic (exact) mass is 456 g/mol. The van der Waals surface area contributed by atoms with Crippen LogP contribution >= 0.6 is 24.8 Å². The Morgan fingerprint density at radius 1 is 1.21 bits per heavy atom. The van der Waals surface area contributed by atoms with Crippen molar-refractivity contribution in [2.24, 2.45) is 22.4 Å². The summed E-state index contributed by atoms with van der Waals surface area (Å²) >= 11 is 0. The zero-order chi connectivity index (χ0) is 18.9. The molecule has 0 aliphatic carbocycles. The Labute approximate surface area is 183 Å². The van der Waals surface area contributed by atoms with E-state index in [4.69, 9.17) is 11.5 Å². The molecule has 170 valence electrons. The molecule has 2 fully saturated rings. The summed E-state index contributed by atoms with van der Waals surface area (Å²) in [7, 11) is 0. The van der Waals surface area contributed by atoms with Crippen LogP contribution in [0.25, 0.3) is 0 Å². The molecule has 8 N–H and O–H groups in total. The first-order valence-electron chi connectivity index (χ1n) is 9.36. The number of halogens is 2. The lowest BCUT2D eigenvalue weighted by Gasteiger charge is -2.31. The van der Waals surface area contributed by atoms with Gasteiger partial charge in [0.2, 0.25) is 11.8 Å². The quantitative estimate of drug-likeness (QED) is 0.153. The first-order chi connectivity index (χ1) is 12.5. The zero-order valence-corrected chi connectivity index (χ0v) is 18.1. The predicted octanol–water partition coefficient (Wildman–Crippen LogP) is -1.27. The summed E-state index contributed by atoms with van der Waals surface area (Å²) in [5.41, 5.74) is 10.5. The maximum atomic E-state index is 12.7. The highest BCUT2D eigenvalue weighted by atomic mass is 35.5. The standard InChI is InChI=1S/C17H30N6O3.2ClH.H2O/c18-17(19)21-7-4-5-12(11-24)22-15(25)14-13(6-8-20-14)16(26)23-9-2-1-3-10-23;;;/h11-14,20H,1-10H2,(H,22,25)(H4,18,19,21);2*1H;1H2/t12-,13?,14-;;;/m0.../s1. The highest BCUT2D eigenvalue weighted by Gasteiger charge is 2.40. The predicted molar refractivity (Wildman–Crippen MR) is 116 cm³/mol. The third-order valence-electron chi connectivity index (χ3n) is 4.95. The number of nitrogens with one attached hydrogen (secondary N) is 2. The first kappa shape index (κ1) is 29.6. The largest absolute Gasteiger partial charge is 0.412 e. The summed E-state index contributed by atoms with van der Waals surface area (Å²) in [5, 5.41) is 5.84. The molecule has 1 unspecified atom stereocenters.